The zero-order valence-corrected chi connectivity index (χ0v) is 14.2. The highest BCUT2D eigenvalue weighted by molar-refractivity contribution is 6.30. The van der Waals surface area contributed by atoms with Crippen molar-refractivity contribution >= 4 is 29.3 Å². The van der Waals surface area contributed by atoms with E-state index in [1.165, 1.54) is 6.08 Å². The van der Waals surface area contributed by atoms with Crippen molar-refractivity contribution in [2.24, 2.45) is 0 Å². The van der Waals surface area contributed by atoms with Crippen molar-refractivity contribution < 1.29 is 9.53 Å². The lowest BCUT2D eigenvalue weighted by Gasteiger charge is -2.10. The second kappa shape index (κ2) is 8.19. The van der Waals surface area contributed by atoms with Gasteiger partial charge in [-0.2, -0.15) is 5.26 Å². The van der Waals surface area contributed by atoms with Crippen LogP contribution in [0.4, 0.5) is 5.69 Å². The number of ether oxygens (including phenoxy) is 1. The molecule has 0 aromatic heterocycles. The minimum atomic E-state index is -0.468. The first kappa shape index (κ1) is 17.6. The largest absolute Gasteiger partial charge is 0.491 e. The van der Waals surface area contributed by atoms with Gasteiger partial charge < -0.3 is 10.1 Å². The second-order valence-electron chi connectivity index (χ2n) is 5.37. The third kappa shape index (κ3) is 5.15. The van der Waals surface area contributed by atoms with Crippen LogP contribution in [0.15, 0.2) is 54.1 Å². The number of anilines is 1. The standard InChI is InChI=1S/C19H17ClN2O2/c1-13(2)24-18-9-7-17(8-10-18)22-19(23)15(12-21)11-14-3-5-16(20)6-4-14/h3-11,13H,1-2H3,(H,22,23)/b15-11+. The summed E-state index contributed by atoms with van der Waals surface area (Å²) in [4.78, 5) is 12.2. The number of carbonyl (C=O) groups excluding carboxylic acids is 1. The Morgan fingerprint density at radius 1 is 1.17 bits per heavy atom. The number of benzene rings is 2. The van der Waals surface area contributed by atoms with E-state index in [9.17, 15) is 10.1 Å². The molecule has 24 heavy (non-hydrogen) atoms. The molecule has 0 fully saturated rings. The summed E-state index contributed by atoms with van der Waals surface area (Å²) in [5.41, 5.74) is 1.33. The first-order valence-corrected chi connectivity index (χ1v) is 7.81. The highest BCUT2D eigenvalue weighted by atomic mass is 35.5. The van der Waals surface area contributed by atoms with Gasteiger partial charge in [0.15, 0.2) is 0 Å². The number of hydrogen-bond donors (Lipinski definition) is 1. The van der Waals surface area contributed by atoms with Gasteiger partial charge in [0.1, 0.15) is 17.4 Å². The Balaban J connectivity index is 2.09. The van der Waals surface area contributed by atoms with Crippen LogP contribution in [0.5, 0.6) is 5.75 Å². The van der Waals surface area contributed by atoms with Crippen LogP contribution in [0.2, 0.25) is 5.02 Å². The molecule has 0 aliphatic heterocycles. The van der Waals surface area contributed by atoms with Crippen molar-refractivity contribution in [1.82, 2.24) is 0 Å². The zero-order chi connectivity index (χ0) is 17.5. The fourth-order valence-electron chi connectivity index (χ4n) is 1.96. The number of nitrogens with one attached hydrogen (secondary N) is 1. The van der Waals surface area contributed by atoms with Crippen molar-refractivity contribution in [2.75, 3.05) is 5.32 Å². The third-order valence-electron chi connectivity index (χ3n) is 3.03. The smallest absolute Gasteiger partial charge is 0.266 e. The molecule has 1 N–H and O–H groups in total. The molecule has 2 aromatic carbocycles. The predicted octanol–water partition coefficient (Wildman–Crippen LogP) is 4.67. The Bertz CT molecular complexity index is 773. The molecule has 0 bridgehead atoms. The van der Waals surface area contributed by atoms with Crippen LogP contribution in [0.3, 0.4) is 0 Å². The van der Waals surface area contributed by atoms with Crippen LogP contribution in [0, 0.1) is 11.3 Å². The summed E-state index contributed by atoms with van der Waals surface area (Å²) in [6, 6.07) is 15.8. The summed E-state index contributed by atoms with van der Waals surface area (Å²) in [5, 5.41) is 12.5. The average Bonchev–Trinajstić information content (AvgIpc) is 2.55. The van der Waals surface area contributed by atoms with Gasteiger partial charge >= 0.3 is 0 Å². The molecule has 0 radical (unpaired) electrons. The quantitative estimate of drug-likeness (QED) is 0.635. The van der Waals surface area contributed by atoms with Crippen molar-refractivity contribution in [1.29, 1.82) is 5.26 Å². The van der Waals surface area contributed by atoms with Crippen LogP contribution in [-0.2, 0) is 4.79 Å². The van der Waals surface area contributed by atoms with E-state index in [-0.39, 0.29) is 11.7 Å². The fraction of sp³-hybridized carbons (Fsp3) is 0.158. The van der Waals surface area contributed by atoms with Crippen molar-refractivity contribution in [2.45, 2.75) is 20.0 Å². The lowest BCUT2D eigenvalue weighted by molar-refractivity contribution is -0.112. The Kier molecular flexibility index (Phi) is 6.00. The molecule has 5 heteroatoms. The minimum Gasteiger partial charge on any atom is -0.491 e. The Hall–Kier alpha value is -2.77. The molecule has 2 aromatic rings. The van der Waals surface area contributed by atoms with Crippen LogP contribution in [-0.4, -0.2) is 12.0 Å². The highest BCUT2D eigenvalue weighted by Gasteiger charge is 2.09. The van der Waals surface area contributed by atoms with Gasteiger partial charge in [-0.1, -0.05) is 23.7 Å². The normalized spacial score (nSPS) is 11.0. The number of nitriles is 1. The molecule has 0 atom stereocenters. The summed E-state index contributed by atoms with van der Waals surface area (Å²) in [6.07, 6.45) is 1.60. The molecule has 0 aliphatic carbocycles. The van der Waals surface area contributed by atoms with E-state index in [0.29, 0.717) is 10.7 Å². The van der Waals surface area contributed by atoms with Crippen LogP contribution >= 0.6 is 11.6 Å². The predicted molar refractivity (Wildman–Crippen MR) is 95.9 cm³/mol. The van der Waals surface area contributed by atoms with Gasteiger partial charge in [0, 0.05) is 10.7 Å². The Morgan fingerprint density at radius 3 is 2.33 bits per heavy atom. The fourth-order valence-corrected chi connectivity index (χ4v) is 2.09. The molecule has 0 heterocycles. The number of carbonyl (C=O) groups is 1. The lowest BCUT2D eigenvalue weighted by atomic mass is 10.1. The molecule has 0 unspecified atom stereocenters. The number of hydrogen-bond acceptors (Lipinski definition) is 3. The van der Waals surface area contributed by atoms with Crippen molar-refractivity contribution in [3.05, 3.63) is 64.7 Å². The molecule has 0 aliphatic rings. The number of nitrogens with zero attached hydrogens (tertiary/aromatic N) is 1. The average molecular weight is 341 g/mol. The summed E-state index contributed by atoms with van der Waals surface area (Å²) in [5.74, 6) is 0.255. The molecule has 2 rings (SSSR count). The lowest BCUT2D eigenvalue weighted by Crippen LogP contribution is -2.13. The van der Waals surface area contributed by atoms with Gasteiger partial charge in [0.05, 0.1) is 6.10 Å². The molecule has 1 amide bonds. The molecule has 0 saturated carbocycles. The monoisotopic (exact) mass is 340 g/mol. The highest BCUT2D eigenvalue weighted by Crippen LogP contribution is 2.18. The van der Waals surface area contributed by atoms with Gasteiger partial charge in [-0.05, 0) is 61.9 Å². The van der Waals surface area contributed by atoms with E-state index in [1.54, 1.807) is 48.5 Å². The van der Waals surface area contributed by atoms with Crippen LogP contribution in [0.25, 0.3) is 6.08 Å². The van der Waals surface area contributed by atoms with Gasteiger partial charge in [-0.3, -0.25) is 4.79 Å². The maximum Gasteiger partial charge on any atom is 0.266 e. The van der Waals surface area contributed by atoms with E-state index in [4.69, 9.17) is 16.3 Å². The maximum absolute atomic E-state index is 12.2. The van der Waals surface area contributed by atoms with Crippen molar-refractivity contribution in [3.63, 3.8) is 0 Å². The number of halogens is 1. The Morgan fingerprint density at radius 2 is 1.79 bits per heavy atom. The van der Waals surface area contributed by atoms with Gasteiger partial charge in [-0.15, -0.1) is 0 Å². The summed E-state index contributed by atoms with van der Waals surface area (Å²) >= 11 is 5.82. The molecule has 122 valence electrons. The van der Waals surface area contributed by atoms with E-state index in [0.717, 1.165) is 11.3 Å². The molecular weight excluding hydrogens is 324 g/mol. The van der Waals surface area contributed by atoms with Crippen molar-refractivity contribution in [3.8, 4) is 11.8 Å². The summed E-state index contributed by atoms with van der Waals surface area (Å²) in [7, 11) is 0. The Labute approximate surface area is 146 Å². The second-order valence-corrected chi connectivity index (χ2v) is 5.80. The maximum atomic E-state index is 12.2. The van der Waals surface area contributed by atoms with E-state index >= 15 is 0 Å². The van der Waals surface area contributed by atoms with Crippen LogP contribution < -0.4 is 10.1 Å². The zero-order valence-electron chi connectivity index (χ0n) is 13.4. The van der Waals surface area contributed by atoms with E-state index in [2.05, 4.69) is 5.32 Å². The van der Waals surface area contributed by atoms with E-state index < -0.39 is 5.91 Å². The molecule has 0 spiro atoms. The van der Waals surface area contributed by atoms with Gasteiger partial charge in [0.25, 0.3) is 5.91 Å². The number of amides is 1. The molecule has 4 nitrogen and oxygen atoms in total. The SMILES string of the molecule is CC(C)Oc1ccc(NC(=O)/C(C#N)=C/c2ccc(Cl)cc2)cc1. The first-order chi connectivity index (χ1) is 11.5. The van der Waals surface area contributed by atoms with Gasteiger partial charge in [-0.25, -0.2) is 0 Å². The molecule has 0 saturated heterocycles. The van der Waals surface area contributed by atoms with Crippen LogP contribution in [0.1, 0.15) is 19.4 Å². The molecular formula is C19H17ClN2O2. The topological polar surface area (TPSA) is 62.1 Å². The first-order valence-electron chi connectivity index (χ1n) is 7.43. The van der Waals surface area contributed by atoms with Gasteiger partial charge in [0.2, 0.25) is 0 Å². The summed E-state index contributed by atoms with van der Waals surface area (Å²) < 4.78 is 5.54. The number of rotatable bonds is 5. The van der Waals surface area contributed by atoms with E-state index in [1.807, 2.05) is 19.9 Å². The summed E-state index contributed by atoms with van der Waals surface area (Å²) in [6.45, 7) is 3.88. The minimum absolute atomic E-state index is 0.0137. The third-order valence-corrected chi connectivity index (χ3v) is 3.28.